The standard InChI is InChI=1S/C18H26N2O3/c1-3-20(4-2)16(21)13-14-7-9-15(10-8-14)19-17(22)18(23)11-5-6-12-18/h7-10,23H,3-6,11-13H2,1-2H3,(H,19,22). The number of anilines is 1. The van der Waals surface area contributed by atoms with Crippen LogP contribution in [0.1, 0.15) is 45.1 Å². The third-order valence-corrected chi connectivity index (χ3v) is 4.54. The highest BCUT2D eigenvalue weighted by Gasteiger charge is 2.38. The largest absolute Gasteiger partial charge is 0.380 e. The number of hydrogen-bond acceptors (Lipinski definition) is 3. The van der Waals surface area contributed by atoms with Crippen molar-refractivity contribution in [3.63, 3.8) is 0 Å². The Hall–Kier alpha value is -1.88. The van der Waals surface area contributed by atoms with Gasteiger partial charge in [0.05, 0.1) is 6.42 Å². The summed E-state index contributed by atoms with van der Waals surface area (Å²) in [4.78, 5) is 26.0. The van der Waals surface area contributed by atoms with Gasteiger partial charge in [0, 0.05) is 18.8 Å². The summed E-state index contributed by atoms with van der Waals surface area (Å²) >= 11 is 0. The fourth-order valence-electron chi connectivity index (χ4n) is 3.00. The normalized spacial score (nSPS) is 16.1. The van der Waals surface area contributed by atoms with E-state index < -0.39 is 5.60 Å². The van der Waals surface area contributed by atoms with Gasteiger partial charge in [-0.1, -0.05) is 12.1 Å². The van der Waals surface area contributed by atoms with Gasteiger partial charge in [-0.25, -0.2) is 0 Å². The quantitative estimate of drug-likeness (QED) is 0.846. The first-order valence-electron chi connectivity index (χ1n) is 8.39. The first-order chi connectivity index (χ1) is 11.0. The van der Waals surface area contributed by atoms with Gasteiger partial charge in [0.25, 0.3) is 5.91 Å². The predicted octanol–water partition coefficient (Wildman–Crippen LogP) is 2.34. The van der Waals surface area contributed by atoms with E-state index in [1.165, 1.54) is 0 Å². The molecule has 0 unspecified atom stereocenters. The lowest BCUT2D eigenvalue weighted by atomic mass is 10.0. The monoisotopic (exact) mass is 318 g/mol. The maximum Gasteiger partial charge on any atom is 0.256 e. The van der Waals surface area contributed by atoms with E-state index in [1.54, 1.807) is 17.0 Å². The number of benzene rings is 1. The SMILES string of the molecule is CCN(CC)C(=O)Cc1ccc(NC(=O)C2(O)CCCC2)cc1. The zero-order chi connectivity index (χ0) is 16.9. The number of nitrogens with one attached hydrogen (secondary N) is 1. The molecule has 0 spiro atoms. The smallest absolute Gasteiger partial charge is 0.256 e. The van der Waals surface area contributed by atoms with Gasteiger partial charge in [0.15, 0.2) is 0 Å². The van der Waals surface area contributed by atoms with E-state index in [9.17, 15) is 14.7 Å². The van der Waals surface area contributed by atoms with E-state index in [-0.39, 0.29) is 11.8 Å². The van der Waals surface area contributed by atoms with E-state index in [4.69, 9.17) is 0 Å². The third-order valence-electron chi connectivity index (χ3n) is 4.54. The minimum absolute atomic E-state index is 0.104. The minimum Gasteiger partial charge on any atom is -0.380 e. The van der Waals surface area contributed by atoms with E-state index in [0.29, 0.717) is 38.0 Å². The average molecular weight is 318 g/mol. The van der Waals surface area contributed by atoms with Crippen molar-refractivity contribution in [3.05, 3.63) is 29.8 Å². The molecule has 5 heteroatoms. The Labute approximate surface area is 137 Å². The minimum atomic E-state index is -1.22. The summed E-state index contributed by atoms with van der Waals surface area (Å²) in [6.45, 7) is 5.35. The topological polar surface area (TPSA) is 69.6 Å². The molecule has 1 aromatic carbocycles. The highest BCUT2D eigenvalue weighted by atomic mass is 16.3. The maximum absolute atomic E-state index is 12.1. The third kappa shape index (κ3) is 4.32. The first-order valence-corrected chi connectivity index (χ1v) is 8.39. The van der Waals surface area contributed by atoms with Crippen LogP contribution in [0.4, 0.5) is 5.69 Å². The Morgan fingerprint density at radius 3 is 2.22 bits per heavy atom. The summed E-state index contributed by atoms with van der Waals surface area (Å²) in [7, 11) is 0. The highest BCUT2D eigenvalue weighted by molar-refractivity contribution is 5.97. The Morgan fingerprint density at radius 2 is 1.70 bits per heavy atom. The molecule has 2 amide bonds. The van der Waals surface area contributed by atoms with Crippen molar-refractivity contribution < 1.29 is 14.7 Å². The molecule has 1 aliphatic rings. The second kappa shape index (κ2) is 7.59. The number of carbonyl (C=O) groups excluding carboxylic acids is 2. The van der Waals surface area contributed by atoms with E-state index in [1.807, 2.05) is 26.0 Å². The average Bonchev–Trinajstić information content (AvgIpc) is 2.98. The summed E-state index contributed by atoms with van der Waals surface area (Å²) in [6, 6.07) is 7.24. The molecule has 2 rings (SSSR count). The molecule has 0 radical (unpaired) electrons. The molecule has 0 aromatic heterocycles. The molecule has 1 fully saturated rings. The Kier molecular flexibility index (Phi) is 5.77. The Bertz CT molecular complexity index is 544. The van der Waals surface area contributed by atoms with Gasteiger partial charge in [-0.3, -0.25) is 9.59 Å². The Morgan fingerprint density at radius 1 is 1.13 bits per heavy atom. The summed E-state index contributed by atoms with van der Waals surface area (Å²) in [6.07, 6.45) is 3.18. The van der Waals surface area contributed by atoms with Gasteiger partial charge in [0.2, 0.25) is 5.91 Å². The number of carbonyl (C=O) groups is 2. The van der Waals surface area contributed by atoms with Gasteiger partial charge in [-0.05, 0) is 57.2 Å². The van der Waals surface area contributed by atoms with Gasteiger partial charge in [0.1, 0.15) is 5.60 Å². The fraction of sp³-hybridized carbons (Fsp3) is 0.556. The van der Waals surface area contributed by atoms with Gasteiger partial charge < -0.3 is 15.3 Å². The van der Waals surface area contributed by atoms with Crippen molar-refractivity contribution in [2.45, 2.75) is 51.6 Å². The maximum atomic E-state index is 12.1. The van der Waals surface area contributed by atoms with Crippen molar-refractivity contribution >= 4 is 17.5 Å². The number of rotatable bonds is 6. The number of nitrogens with zero attached hydrogens (tertiary/aromatic N) is 1. The number of hydrogen-bond donors (Lipinski definition) is 2. The van der Waals surface area contributed by atoms with Crippen LogP contribution in [-0.4, -0.2) is 40.5 Å². The van der Waals surface area contributed by atoms with Crippen LogP contribution in [0, 0.1) is 0 Å². The molecule has 1 aliphatic carbocycles. The van der Waals surface area contributed by atoms with E-state index in [0.717, 1.165) is 18.4 Å². The molecule has 23 heavy (non-hydrogen) atoms. The molecule has 0 saturated heterocycles. The van der Waals surface area contributed by atoms with Crippen LogP contribution in [0.25, 0.3) is 0 Å². The van der Waals surface area contributed by atoms with Gasteiger partial charge in [-0.15, -0.1) is 0 Å². The summed E-state index contributed by atoms with van der Waals surface area (Å²) in [5.41, 5.74) is 0.339. The van der Waals surface area contributed by atoms with Gasteiger partial charge in [-0.2, -0.15) is 0 Å². The van der Waals surface area contributed by atoms with Crippen molar-refractivity contribution in [2.24, 2.45) is 0 Å². The van der Waals surface area contributed by atoms with Crippen molar-refractivity contribution in [2.75, 3.05) is 18.4 Å². The van der Waals surface area contributed by atoms with Crippen LogP contribution < -0.4 is 5.32 Å². The molecule has 1 aromatic rings. The number of aliphatic hydroxyl groups is 1. The molecule has 0 atom stereocenters. The van der Waals surface area contributed by atoms with Crippen LogP contribution >= 0.6 is 0 Å². The molecule has 126 valence electrons. The number of likely N-dealkylation sites (N-methyl/N-ethyl adjacent to an activating group) is 1. The van der Waals surface area contributed by atoms with Crippen LogP contribution in [-0.2, 0) is 16.0 Å². The predicted molar refractivity (Wildman–Crippen MR) is 90.1 cm³/mol. The van der Waals surface area contributed by atoms with Crippen LogP contribution in [0.3, 0.4) is 0 Å². The van der Waals surface area contributed by atoms with E-state index >= 15 is 0 Å². The zero-order valence-electron chi connectivity index (χ0n) is 14.0. The second-order valence-electron chi connectivity index (χ2n) is 6.13. The number of amides is 2. The molecule has 0 aliphatic heterocycles. The van der Waals surface area contributed by atoms with Crippen molar-refractivity contribution in [3.8, 4) is 0 Å². The second-order valence-corrected chi connectivity index (χ2v) is 6.13. The lowest BCUT2D eigenvalue weighted by Gasteiger charge is -2.21. The summed E-state index contributed by atoms with van der Waals surface area (Å²) in [5.74, 6) is -0.228. The van der Waals surface area contributed by atoms with Crippen LogP contribution in [0.5, 0.6) is 0 Å². The molecule has 0 bridgehead atoms. The Balaban J connectivity index is 1.94. The summed E-state index contributed by atoms with van der Waals surface area (Å²) < 4.78 is 0. The van der Waals surface area contributed by atoms with Crippen molar-refractivity contribution in [1.29, 1.82) is 0 Å². The van der Waals surface area contributed by atoms with Crippen molar-refractivity contribution in [1.82, 2.24) is 4.90 Å². The van der Waals surface area contributed by atoms with Crippen LogP contribution in [0.2, 0.25) is 0 Å². The molecule has 2 N–H and O–H groups in total. The first kappa shape index (κ1) is 17.5. The highest BCUT2D eigenvalue weighted by Crippen LogP contribution is 2.30. The lowest BCUT2D eigenvalue weighted by Crippen LogP contribution is -2.40. The molecule has 5 nitrogen and oxygen atoms in total. The zero-order valence-corrected chi connectivity index (χ0v) is 14.0. The summed E-state index contributed by atoms with van der Waals surface area (Å²) in [5, 5.41) is 13.0. The molecular weight excluding hydrogens is 292 g/mol. The van der Waals surface area contributed by atoms with Gasteiger partial charge >= 0.3 is 0 Å². The van der Waals surface area contributed by atoms with Crippen LogP contribution in [0.15, 0.2) is 24.3 Å². The molecule has 0 heterocycles. The van der Waals surface area contributed by atoms with E-state index in [2.05, 4.69) is 5.32 Å². The molecular formula is C18H26N2O3. The molecule has 1 saturated carbocycles. The lowest BCUT2D eigenvalue weighted by molar-refractivity contribution is -0.133. The fourth-order valence-corrected chi connectivity index (χ4v) is 3.00.